The second-order valence-electron chi connectivity index (χ2n) is 4.99. The van der Waals surface area contributed by atoms with E-state index in [0.717, 1.165) is 18.2 Å². The SMILES string of the molecule is CC(C)(C)C(=O)NCCc1cc(F)ccc1F. The van der Waals surface area contributed by atoms with Crippen LogP contribution in [-0.4, -0.2) is 12.5 Å². The quantitative estimate of drug-likeness (QED) is 0.866. The lowest BCUT2D eigenvalue weighted by Gasteiger charge is -2.17. The molecule has 1 aromatic carbocycles. The van der Waals surface area contributed by atoms with Gasteiger partial charge in [-0.05, 0) is 30.2 Å². The van der Waals surface area contributed by atoms with Crippen molar-refractivity contribution in [1.82, 2.24) is 5.32 Å². The van der Waals surface area contributed by atoms with Gasteiger partial charge in [0.25, 0.3) is 0 Å². The van der Waals surface area contributed by atoms with Crippen molar-refractivity contribution in [1.29, 1.82) is 0 Å². The van der Waals surface area contributed by atoms with E-state index >= 15 is 0 Å². The van der Waals surface area contributed by atoms with Crippen molar-refractivity contribution in [3.05, 3.63) is 35.4 Å². The van der Waals surface area contributed by atoms with Crippen molar-refractivity contribution in [2.45, 2.75) is 27.2 Å². The average molecular weight is 241 g/mol. The number of amides is 1. The Labute approximate surface area is 100 Å². The predicted octanol–water partition coefficient (Wildman–Crippen LogP) is 2.67. The highest BCUT2D eigenvalue weighted by Crippen LogP contribution is 2.13. The summed E-state index contributed by atoms with van der Waals surface area (Å²) in [4.78, 5) is 11.5. The molecule has 0 heterocycles. The van der Waals surface area contributed by atoms with Gasteiger partial charge in [-0.1, -0.05) is 20.8 Å². The van der Waals surface area contributed by atoms with Crippen molar-refractivity contribution in [2.75, 3.05) is 6.54 Å². The molecule has 1 N–H and O–H groups in total. The minimum atomic E-state index is -0.472. The second-order valence-corrected chi connectivity index (χ2v) is 4.99. The molecule has 1 amide bonds. The summed E-state index contributed by atoms with van der Waals surface area (Å²) < 4.78 is 26.1. The zero-order chi connectivity index (χ0) is 13.1. The van der Waals surface area contributed by atoms with Gasteiger partial charge in [0.15, 0.2) is 0 Å². The largest absolute Gasteiger partial charge is 0.355 e. The molecular weight excluding hydrogens is 224 g/mol. The fraction of sp³-hybridized carbons (Fsp3) is 0.462. The summed E-state index contributed by atoms with van der Waals surface area (Å²) in [6.07, 6.45) is 0.283. The normalized spacial score (nSPS) is 11.4. The lowest BCUT2D eigenvalue weighted by molar-refractivity contribution is -0.128. The number of carbonyl (C=O) groups is 1. The van der Waals surface area contributed by atoms with Crippen LogP contribution in [0.5, 0.6) is 0 Å². The van der Waals surface area contributed by atoms with Crippen LogP contribution in [0.3, 0.4) is 0 Å². The van der Waals surface area contributed by atoms with Crippen molar-refractivity contribution >= 4 is 5.91 Å². The third-order valence-corrected chi connectivity index (χ3v) is 2.37. The summed E-state index contributed by atoms with van der Waals surface area (Å²) in [6.45, 7) is 5.69. The van der Waals surface area contributed by atoms with E-state index in [1.807, 2.05) is 0 Å². The van der Waals surface area contributed by atoms with Gasteiger partial charge >= 0.3 is 0 Å². The first-order valence-corrected chi connectivity index (χ1v) is 5.53. The molecule has 0 unspecified atom stereocenters. The minimum absolute atomic E-state index is 0.102. The van der Waals surface area contributed by atoms with Crippen LogP contribution in [0.15, 0.2) is 18.2 Å². The van der Waals surface area contributed by atoms with Gasteiger partial charge in [-0.2, -0.15) is 0 Å². The Morgan fingerprint density at radius 2 is 1.94 bits per heavy atom. The van der Waals surface area contributed by atoms with E-state index < -0.39 is 17.0 Å². The first kappa shape index (κ1) is 13.6. The molecule has 1 rings (SSSR count). The average Bonchev–Trinajstić information content (AvgIpc) is 2.21. The van der Waals surface area contributed by atoms with Gasteiger partial charge in [-0.15, -0.1) is 0 Å². The highest BCUT2D eigenvalue weighted by Gasteiger charge is 2.20. The first-order chi connectivity index (χ1) is 7.80. The standard InChI is InChI=1S/C13H17F2NO/c1-13(2,3)12(17)16-7-6-9-8-10(14)4-5-11(9)15/h4-5,8H,6-7H2,1-3H3,(H,16,17). The van der Waals surface area contributed by atoms with Crippen LogP contribution in [0.25, 0.3) is 0 Å². The van der Waals surface area contributed by atoms with Crippen LogP contribution in [-0.2, 0) is 11.2 Å². The van der Waals surface area contributed by atoms with Crippen molar-refractivity contribution < 1.29 is 13.6 Å². The van der Waals surface area contributed by atoms with Crippen LogP contribution in [0.1, 0.15) is 26.3 Å². The molecule has 0 fully saturated rings. The Morgan fingerprint density at radius 1 is 1.29 bits per heavy atom. The molecule has 0 aliphatic heterocycles. The zero-order valence-corrected chi connectivity index (χ0v) is 10.3. The zero-order valence-electron chi connectivity index (χ0n) is 10.3. The van der Waals surface area contributed by atoms with E-state index in [4.69, 9.17) is 0 Å². The molecule has 0 aliphatic carbocycles. The second kappa shape index (κ2) is 5.25. The molecule has 94 valence electrons. The summed E-state index contributed by atoms with van der Waals surface area (Å²) in [6, 6.07) is 3.32. The monoisotopic (exact) mass is 241 g/mol. The molecule has 0 aliphatic rings. The Morgan fingerprint density at radius 3 is 2.53 bits per heavy atom. The number of halogens is 2. The van der Waals surface area contributed by atoms with Gasteiger partial charge in [-0.25, -0.2) is 8.78 Å². The molecule has 0 bridgehead atoms. The van der Waals surface area contributed by atoms with Crippen LogP contribution in [0.4, 0.5) is 8.78 Å². The maximum absolute atomic E-state index is 13.2. The summed E-state index contributed by atoms with van der Waals surface area (Å²) in [5, 5.41) is 2.69. The number of nitrogens with one attached hydrogen (secondary N) is 1. The molecule has 4 heteroatoms. The number of rotatable bonds is 3. The highest BCUT2D eigenvalue weighted by molar-refractivity contribution is 5.81. The van der Waals surface area contributed by atoms with E-state index in [1.54, 1.807) is 20.8 Å². The third-order valence-electron chi connectivity index (χ3n) is 2.37. The fourth-order valence-corrected chi connectivity index (χ4v) is 1.31. The van der Waals surface area contributed by atoms with Gasteiger partial charge < -0.3 is 5.32 Å². The summed E-state index contributed by atoms with van der Waals surface area (Å²) in [5.41, 5.74) is -0.195. The number of carbonyl (C=O) groups excluding carboxylic acids is 1. The first-order valence-electron chi connectivity index (χ1n) is 5.53. The van der Waals surface area contributed by atoms with Crippen LogP contribution in [0.2, 0.25) is 0 Å². The van der Waals surface area contributed by atoms with E-state index in [9.17, 15) is 13.6 Å². The summed E-state index contributed by atoms with van der Waals surface area (Å²) in [7, 11) is 0. The predicted molar refractivity (Wildman–Crippen MR) is 62.5 cm³/mol. The smallest absolute Gasteiger partial charge is 0.225 e. The van der Waals surface area contributed by atoms with E-state index in [0.29, 0.717) is 6.54 Å². The van der Waals surface area contributed by atoms with Crippen LogP contribution in [0, 0.1) is 17.0 Å². The van der Waals surface area contributed by atoms with Gasteiger partial charge in [0, 0.05) is 12.0 Å². The van der Waals surface area contributed by atoms with Crippen molar-refractivity contribution in [2.24, 2.45) is 5.41 Å². The summed E-state index contributed by atoms with van der Waals surface area (Å²) in [5.74, 6) is -1.02. The molecule has 0 spiro atoms. The van der Waals surface area contributed by atoms with Crippen molar-refractivity contribution in [3.63, 3.8) is 0 Å². The number of hydrogen-bond acceptors (Lipinski definition) is 1. The molecule has 2 nitrogen and oxygen atoms in total. The molecule has 0 radical (unpaired) electrons. The summed E-state index contributed by atoms with van der Waals surface area (Å²) >= 11 is 0. The molecule has 0 saturated carbocycles. The molecule has 0 saturated heterocycles. The lowest BCUT2D eigenvalue weighted by atomic mass is 9.95. The van der Waals surface area contributed by atoms with E-state index in [2.05, 4.69) is 5.32 Å². The molecule has 0 atom stereocenters. The van der Waals surface area contributed by atoms with Gasteiger partial charge in [0.05, 0.1) is 0 Å². The molecule has 17 heavy (non-hydrogen) atoms. The van der Waals surface area contributed by atoms with Crippen LogP contribution >= 0.6 is 0 Å². The fourth-order valence-electron chi connectivity index (χ4n) is 1.31. The van der Waals surface area contributed by atoms with E-state index in [1.165, 1.54) is 0 Å². The van der Waals surface area contributed by atoms with Crippen LogP contribution < -0.4 is 5.32 Å². The maximum atomic E-state index is 13.2. The number of hydrogen-bond donors (Lipinski definition) is 1. The maximum Gasteiger partial charge on any atom is 0.225 e. The lowest BCUT2D eigenvalue weighted by Crippen LogP contribution is -2.36. The Kier molecular flexibility index (Phi) is 4.21. The molecular formula is C13H17F2NO. The molecule has 0 aromatic heterocycles. The minimum Gasteiger partial charge on any atom is -0.355 e. The Hall–Kier alpha value is -1.45. The van der Waals surface area contributed by atoms with Gasteiger partial charge in [0.2, 0.25) is 5.91 Å². The van der Waals surface area contributed by atoms with Crippen molar-refractivity contribution in [3.8, 4) is 0 Å². The van der Waals surface area contributed by atoms with Gasteiger partial charge in [-0.3, -0.25) is 4.79 Å². The third kappa shape index (κ3) is 4.13. The van der Waals surface area contributed by atoms with Gasteiger partial charge in [0.1, 0.15) is 11.6 Å². The van der Waals surface area contributed by atoms with E-state index in [-0.39, 0.29) is 17.9 Å². The number of benzene rings is 1. The Bertz CT molecular complexity index is 410. The molecule has 1 aromatic rings. The topological polar surface area (TPSA) is 29.1 Å². The Balaban J connectivity index is 2.52. The highest BCUT2D eigenvalue weighted by atomic mass is 19.1.